The SMILES string of the molecule is CCC(C)c1nc2cc3sc(-c4ccc(C)cc4)nc3cc2s1. The molecule has 0 aliphatic carbocycles. The van der Waals surface area contributed by atoms with Gasteiger partial charge in [-0.3, -0.25) is 0 Å². The predicted octanol–water partition coefficient (Wildman–Crippen LogP) is 6.39. The van der Waals surface area contributed by atoms with Gasteiger partial charge in [0.25, 0.3) is 0 Å². The van der Waals surface area contributed by atoms with Gasteiger partial charge in [-0.2, -0.15) is 0 Å². The van der Waals surface area contributed by atoms with Crippen molar-refractivity contribution >= 4 is 43.1 Å². The van der Waals surface area contributed by atoms with E-state index in [1.165, 1.54) is 25.5 Å². The molecule has 23 heavy (non-hydrogen) atoms. The second-order valence-corrected chi connectivity index (χ2v) is 8.13. The Bertz CT molecular complexity index is 929. The normalized spacial score (nSPS) is 13.0. The Morgan fingerprint density at radius 2 is 1.61 bits per heavy atom. The van der Waals surface area contributed by atoms with Crippen LogP contribution in [0.2, 0.25) is 0 Å². The molecule has 0 saturated heterocycles. The van der Waals surface area contributed by atoms with Gasteiger partial charge in [-0.1, -0.05) is 43.7 Å². The first-order valence-corrected chi connectivity index (χ1v) is 9.55. The summed E-state index contributed by atoms with van der Waals surface area (Å²) >= 11 is 3.55. The lowest BCUT2D eigenvalue weighted by Crippen LogP contribution is -1.88. The average molecular weight is 339 g/mol. The summed E-state index contributed by atoms with van der Waals surface area (Å²) < 4.78 is 2.46. The molecular formula is C19H18N2S2. The van der Waals surface area contributed by atoms with Gasteiger partial charge in [0.15, 0.2) is 0 Å². The number of aryl methyl sites for hydroxylation is 1. The Labute approximate surface area is 143 Å². The highest BCUT2D eigenvalue weighted by Crippen LogP contribution is 2.36. The third-order valence-corrected chi connectivity index (χ3v) is 6.56. The smallest absolute Gasteiger partial charge is 0.124 e. The molecule has 4 heteroatoms. The largest absolute Gasteiger partial charge is 0.241 e. The van der Waals surface area contributed by atoms with Gasteiger partial charge in [0, 0.05) is 11.5 Å². The van der Waals surface area contributed by atoms with E-state index in [2.05, 4.69) is 57.2 Å². The van der Waals surface area contributed by atoms with Crippen molar-refractivity contribution in [3.05, 3.63) is 47.0 Å². The standard InChI is InChI=1S/C19H18N2S2/c1-4-12(3)18-20-14-9-17-15(10-16(14)22-18)21-19(23-17)13-7-5-11(2)6-8-13/h5-10,12H,4H2,1-3H3. The lowest BCUT2D eigenvalue weighted by molar-refractivity contribution is 0.729. The molecule has 1 unspecified atom stereocenters. The lowest BCUT2D eigenvalue weighted by Gasteiger charge is -2.00. The molecule has 0 spiro atoms. The van der Waals surface area contributed by atoms with Crippen LogP contribution in [0.4, 0.5) is 0 Å². The third kappa shape index (κ3) is 2.66. The summed E-state index contributed by atoms with van der Waals surface area (Å²) in [7, 11) is 0. The highest BCUT2D eigenvalue weighted by Gasteiger charge is 2.13. The van der Waals surface area contributed by atoms with Gasteiger partial charge in [0.1, 0.15) is 5.01 Å². The van der Waals surface area contributed by atoms with Gasteiger partial charge in [-0.25, -0.2) is 9.97 Å². The molecular weight excluding hydrogens is 320 g/mol. The Morgan fingerprint density at radius 1 is 0.957 bits per heavy atom. The molecule has 2 aromatic carbocycles. The topological polar surface area (TPSA) is 25.8 Å². The number of fused-ring (bicyclic) bond motifs is 2. The Balaban J connectivity index is 1.81. The van der Waals surface area contributed by atoms with Crippen LogP contribution in [0, 0.1) is 6.92 Å². The predicted molar refractivity (Wildman–Crippen MR) is 102 cm³/mol. The van der Waals surface area contributed by atoms with Gasteiger partial charge in [0.05, 0.1) is 25.4 Å². The van der Waals surface area contributed by atoms with Gasteiger partial charge < -0.3 is 0 Å². The molecule has 0 amide bonds. The molecule has 2 aromatic heterocycles. The first kappa shape index (κ1) is 14.8. The van der Waals surface area contributed by atoms with Crippen molar-refractivity contribution in [1.29, 1.82) is 0 Å². The van der Waals surface area contributed by atoms with Gasteiger partial charge in [-0.05, 0) is 25.5 Å². The van der Waals surface area contributed by atoms with E-state index in [1.54, 1.807) is 22.7 Å². The molecule has 2 nitrogen and oxygen atoms in total. The van der Waals surface area contributed by atoms with E-state index in [0.717, 1.165) is 22.5 Å². The van der Waals surface area contributed by atoms with Crippen LogP contribution in [-0.4, -0.2) is 9.97 Å². The first-order chi connectivity index (χ1) is 11.1. The van der Waals surface area contributed by atoms with Crippen LogP contribution in [0.3, 0.4) is 0 Å². The van der Waals surface area contributed by atoms with Crippen LogP contribution in [0.5, 0.6) is 0 Å². The fraction of sp³-hybridized carbons (Fsp3) is 0.263. The van der Waals surface area contributed by atoms with E-state index < -0.39 is 0 Å². The number of benzene rings is 2. The Kier molecular flexibility index (Phi) is 3.66. The second-order valence-electron chi connectivity index (χ2n) is 6.03. The molecule has 2 heterocycles. The summed E-state index contributed by atoms with van der Waals surface area (Å²) in [6.45, 7) is 6.56. The first-order valence-electron chi connectivity index (χ1n) is 7.92. The molecule has 4 aromatic rings. The fourth-order valence-corrected chi connectivity index (χ4v) is 4.68. The van der Waals surface area contributed by atoms with E-state index in [4.69, 9.17) is 9.97 Å². The van der Waals surface area contributed by atoms with Crippen molar-refractivity contribution in [3.63, 3.8) is 0 Å². The van der Waals surface area contributed by atoms with Crippen molar-refractivity contribution in [2.75, 3.05) is 0 Å². The quantitative estimate of drug-likeness (QED) is 0.432. The minimum Gasteiger partial charge on any atom is -0.241 e. The van der Waals surface area contributed by atoms with E-state index in [-0.39, 0.29) is 0 Å². The van der Waals surface area contributed by atoms with Gasteiger partial charge in [0.2, 0.25) is 0 Å². The van der Waals surface area contributed by atoms with Crippen LogP contribution in [0.25, 0.3) is 31.0 Å². The zero-order valence-electron chi connectivity index (χ0n) is 13.5. The maximum absolute atomic E-state index is 4.83. The number of thiazole rings is 2. The minimum atomic E-state index is 0.529. The van der Waals surface area contributed by atoms with Crippen LogP contribution in [0.15, 0.2) is 36.4 Å². The molecule has 116 valence electrons. The molecule has 1 atom stereocenters. The van der Waals surface area contributed by atoms with Crippen LogP contribution < -0.4 is 0 Å². The van der Waals surface area contributed by atoms with Crippen molar-refractivity contribution in [2.24, 2.45) is 0 Å². The van der Waals surface area contributed by atoms with Crippen molar-refractivity contribution in [1.82, 2.24) is 9.97 Å². The van der Waals surface area contributed by atoms with Crippen LogP contribution in [0.1, 0.15) is 36.8 Å². The molecule has 0 aliphatic heterocycles. The average Bonchev–Trinajstić information content (AvgIpc) is 3.15. The van der Waals surface area contributed by atoms with E-state index in [0.29, 0.717) is 5.92 Å². The maximum Gasteiger partial charge on any atom is 0.124 e. The minimum absolute atomic E-state index is 0.529. The number of aromatic nitrogens is 2. The van der Waals surface area contributed by atoms with Crippen molar-refractivity contribution in [3.8, 4) is 10.6 Å². The third-order valence-electron chi connectivity index (χ3n) is 4.25. The maximum atomic E-state index is 4.83. The molecule has 0 saturated carbocycles. The summed E-state index contributed by atoms with van der Waals surface area (Å²) in [5, 5.41) is 2.32. The molecule has 0 radical (unpaired) electrons. The zero-order valence-corrected chi connectivity index (χ0v) is 15.1. The summed E-state index contributed by atoms with van der Waals surface area (Å²) in [6, 6.07) is 13.0. The Morgan fingerprint density at radius 3 is 2.30 bits per heavy atom. The summed E-state index contributed by atoms with van der Waals surface area (Å²) in [6.07, 6.45) is 1.13. The fourth-order valence-electron chi connectivity index (χ4n) is 2.57. The van der Waals surface area contributed by atoms with Gasteiger partial charge in [-0.15, -0.1) is 22.7 Å². The second kappa shape index (κ2) is 5.69. The van der Waals surface area contributed by atoms with Crippen molar-refractivity contribution < 1.29 is 0 Å². The van der Waals surface area contributed by atoms with Gasteiger partial charge >= 0.3 is 0 Å². The molecule has 0 bridgehead atoms. The highest BCUT2D eigenvalue weighted by molar-refractivity contribution is 7.22. The van der Waals surface area contributed by atoms with Crippen LogP contribution >= 0.6 is 22.7 Å². The summed E-state index contributed by atoms with van der Waals surface area (Å²) in [4.78, 5) is 9.66. The number of hydrogen-bond donors (Lipinski definition) is 0. The summed E-state index contributed by atoms with van der Waals surface area (Å²) in [5.41, 5.74) is 4.65. The molecule has 0 aliphatic rings. The monoisotopic (exact) mass is 338 g/mol. The van der Waals surface area contributed by atoms with E-state index in [1.807, 2.05) is 0 Å². The van der Waals surface area contributed by atoms with Crippen LogP contribution in [-0.2, 0) is 0 Å². The highest BCUT2D eigenvalue weighted by atomic mass is 32.1. The molecule has 0 fully saturated rings. The molecule has 4 rings (SSSR count). The van der Waals surface area contributed by atoms with E-state index >= 15 is 0 Å². The zero-order chi connectivity index (χ0) is 16.0. The van der Waals surface area contributed by atoms with E-state index in [9.17, 15) is 0 Å². The molecule has 0 N–H and O–H groups in total. The van der Waals surface area contributed by atoms with Crippen molar-refractivity contribution in [2.45, 2.75) is 33.1 Å². The summed E-state index contributed by atoms with van der Waals surface area (Å²) in [5.74, 6) is 0.529. The number of nitrogens with zero attached hydrogens (tertiary/aromatic N) is 2. The number of rotatable bonds is 3. The number of hydrogen-bond acceptors (Lipinski definition) is 4. The Hall–Kier alpha value is -1.78. The lowest BCUT2D eigenvalue weighted by atomic mass is 10.1.